The number of ketones is 1. The van der Waals surface area contributed by atoms with Crippen LogP contribution in [0.4, 0.5) is 0 Å². The number of hydrogen-bond acceptors (Lipinski definition) is 2. The van der Waals surface area contributed by atoms with Gasteiger partial charge in [-0.1, -0.05) is 40.2 Å². The minimum absolute atomic E-state index is 0.202. The summed E-state index contributed by atoms with van der Waals surface area (Å²) in [6, 6.07) is 9.39. The maximum atomic E-state index is 11.8. The summed E-state index contributed by atoms with van der Waals surface area (Å²) >= 11 is 3.43. The second kappa shape index (κ2) is 3.19. The largest absolute Gasteiger partial charge is 0.504 e. The van der Waals surface area contributed by atoms with Crippen LogP contribution in [0, 0.1) is 0 Å². The molecule has 0 saturated carbocycles. The number of aliphatic hydroxyl groups excluding tert-OH is 1. The lowest BCUT2D eigenvalue weighted by Gasteiger charge is -2.14. The normalized spacial score (nSPS) is 14.1. The van der Waals surface area contributed by atoms with Crippen molar-refractivity contribution in [1.82, 2.24) is 0 Å². The lowest BCUT2D eigenvalue weighted by atomic mass is 9.91. The van der Waals surface area contributed by atoms with Crippen LogP contribution in [0.25, 0.3) is 16.8 Å². The fourth-order valence-electron chi connectivity index (χ4n) is 2.05. The van der Waals surface area contributed by atoms with Crippen molar-refractivity contribution in [3.05, 3.63) is 51.7 Å². The van der Waals surface area contributed by atoms with E-state index < -0.39 is 0 Å². The predicted octanol–water partition coefficient (Wildman–Crippen LogP) is 3.70. The smallest absolute Gasteiger partial charge is 0.227 e. The Bertz CT molecular complexity index is 656. The zero-order valence-corrected chi connectivity index (χ0v) is 9.78. The van der Waals surface area contributed by atoms with E-state index >= 15 is 0 Å². The predicted molar refractivity (Wildman–Crippen MR) is 66.6 cm³/mol. The fraction of sp³-hybridized carbons (Fsp3) is 0. The Balaban J connectivity index is 2.57. The van der Waals surface area contributed by atoms with Crippen molar-refractivity contribution in [2.24, 2.45) is 0 Å². The summed E-state index contributed by atoms with van der Waals surface area (Å²) < 4.78 is 0.881. The van der Waals surface area contributed by atoms with Gasteiger partial charge in [-0.25, -0.2) is 0 Å². The second-order valence-corrected chi connectivity index (χ2v) is 4.58. The van der Waals surface area contributed by atoms with Crippen LogP contribution in [0.15, 0.2) is 40.6 Å². The molecular weight excluding hydrogens is 268 g/mol. The average Bonchev–Trinajstić information content (AvgIpc) is 2.29. The molecule has 3 rings (SSSR count). The van der Waals surface area contributed by atoms with Crippen molar-refractivity contribution in [2.75, 3.05) is 0 Å². The number of benzene rings is 2. The maximum Gasteiger partial charge on any atom is 0.227 e. The Morgan fingerprint density at radius 3 is 2.75 bits per heavy atom. The van der Waals surface area contributed by atoms with Gasteiger partial charge in [0.25, 0.3) is 0 Å². The van der Waals surface area contributed by atoms with Gasteiger partial charge in [0.2, 0.25) is 5.78 Å². The van der Waals surface area contributed by atoms with E-state index in [0.29, 0.717) is 5.56 Å². The molecule has 0 aliphatic heterocycles. The highest BCUT2D eigenvalue weighted by Gasteiger charge is 2.22. The van der Waals surface area contributed by atoms with Crippen LogP contribution in [-0.4, -0.2) is 10.9 Å². The van der Waals surface area contributed by atoms with Crippen molar-refractivity contribution in [1.29, 1.82) is 0 Å². The first-order chi connectivity index (χ1) is 7.68. The summed E-state index contributed by atoms with van der Waals surface area (Å²) in [5.41, 5.74) is 1.43. The summed E-state index contributed by atoms with van der Waals surface area (Å²) in [4.78, 5) is 11.8. The second-order valence-electron chi connectivity index (χ2n) is 3.72. The molecule has 0 fully saturated rings. The highest BCUT2D eigenvalue weighted by molar-refractivity contribution is 9.10. The van der Waals surface area contributed by atoms with Crippen LogP contribution in [0.2, 0.25) is 0 Å². The molecule has 0 radical (unpaired) electrons. The van der Waals surface area contributed by atoms with Gasteiger partial charge in [-0.15, -0.1) is 0 Å². The van der Waals surface area contributed by atoms with E-state index in [1.165, 1.54) is 6.08 Å². The molecule has 16 heavy (non-hydrogen) atoms. The first-order valence-electron chi connectivity index (χ1n) is 4.85. The van der Waals surface area contributed by atoms with E-state index in [-0.39, 0.29) is 11.5 Å². The molecule has 0 atom stereocenters. The van der Waals surface area contributed by atoms with Crippen LogP contribution in [0.5, 0.6) is 0 Å². The summed E-state index contributed by atoms with van der Waals surface area (Å²) in [5, 5.41) is 11.5. The summed E-state index contributed by atoms with van der Waals surface area (Å²) in [5.74, 6) is -0.511. The Morgan fingerprint density at radius 2 is 1.94 bits per heavy atom. The molecule has 0 spiro atoms. The quantitative estimate of drug-likeness (QED) is 0.796. The van der Waals surface area contributed by atoms with Crippen molar-refractivity contribution < 1.29 is 9.90 Å². The molecule has 2 aromatic rings. The zero-order chi connectivity index (χ0) is 11.3. The molecular formula is C13H7BrO2. The zero-order valence-electron chi connectivity index (χ0n) is 8.20. The Hall–Kier alpha value is -1.61. The molecule has 0 heterocycles. The number of allylic oxidation sites excluding steroid dienone is 1. The number of halogens is 1. The third-order valence-electron chi connectivity index (χ3n) is 2.79. The van der Waals surface area contributed by atoms with E-state index in [1.54, 1.807) is 6.07 Å². The molecule has 2 nitrogen and oxygen atoms in total. The van der Waals surface area contributed by atoms with Gasteiger partial charge in [0.15, 0.2) is 5.76 Å². The van der Waals surface area contributed by atoms with Gasteiger partial charge in [-0.3, -0.25) is 4.79 Å². The van der Waals surface area contributed by atoms with E-state index in [4.69, 9.17) is 0 Å². The molecule has 1 aliphatic carbocycles. The SMILES string of the molecule is O=C1C(O)=Cc2c(Br)ccc3cccc1c23. The summed E-state index contributed by atoms with van der Waals surface area (Å²) in [6.45, 7) is 0. The maximum absolute atomic E-state index is 11.8. The third kappa shape index (κ3) is 1.15. The number of carbonyl (C=O) groups excluding carboxylic acids is 1. The summed E-state index contributed by atoms with van der Waals surface area (Å²) in [7, 11) is 0. The minimum atomic E-state index is -0.309. The molecule has 0 amide bonds. The average molecular weight is 275 g/mol. The van der Waals surface area contributed by atoms with Gasteiger partial charge in [0.1, 0.15) is 0 Å². The standard InChI is InChI=1S/C13H7BrO2/c14-10-5-4-7-2-1-3-8-12(7)9(10)6-11(15)13(8)16/h1-6,15H. The van der Waals surface area contributed by atoms with Crippen LogP contribution in [-0.2, 0) is 0 Å². The molecule has 1 N–H and O–H groups in total. The molecule has 2 aromatic carbocycles. The molecule has 1 aliphatic rings. The van der Waals surface area contributed by atoms with Crippen LogP contribution >= 0.6 is 15.9 Å². The Kier molecular flexibility index (Phi) is 1.91. The highest BCUT2D eigenvalue weighted by Crippen LogP contribution is 2.34. The van der Waals surface area contributed by atoms with Crippen LogP contribution in [0.3, 0.4) is 0 Å². The fourth-order valence-corrected chi connectivity index (χ4v) is 2.50. The van der Waals surface area contributed by atoms with Crippen molar-refractivity contribution in [3.8, 4) is 0 Å². The van der Waals surface area contributed by atoms with E-state index in [0.717, 1.165) is 20.8 Å². The topological polar surface area (TPSA) is 37.3 Å². The van der Waals surface area contributed by atoms with Gasteiger partial charge >= 0.3 is 0 Å². The van der Waals surface area contributed by atoms with Crippen molar-refractivity contribution in [2.45, 2.75) is 0 Å². The van der Waals surface area contributed by atoms with E-state index in [1.807, 2.05) is 24.3 Å². The molecule has 0 unspecified atom stereocenters. The first kappa shape index (κ1) is 9.60. The van der Waals surface area contributed by atoms with Crippen LogP contribution in [0.1, 0.15) is 15.9 Å². The van der Waals surface area contributed by atoms with Gasteiger partial charge in [-0.2, -0.15) is 0 Å². The molecule has 0 saturated heterocycles. The number of carbonyl (C=O) groups is 1. The first-order valence-corrected chi connectivity index (χ1v) is 5.64. The number of hydrogen-bond donors (Lipinski definition) is 1. The molecule has 3 heteroatoms. The number of aliphatic hydroxyl groups is 1. The number of rotatable bonds is 0. The third-order valence-corrected chi connectivity index (χ3v) is 3.48. The lowest BCUT2D eigenvalue weighted by molar-refractivity contribution is 0.0981. The highest BCUT2D eigenvalue weighted by atomic mass is 79.9. The summed E-state index contributed by atoms with van der Waals surface area (Å²) in [6.07, 6.45) is 1.52. The van der Waals surface area contributed by atoms with Crippen LogP contribution < -0.4 is 0 Å². The van der Waals surface area contributed by atoms with Gasteiger partial charge in [-0.05, 0) is 17.5 Å². The van der Waals surface area contributed by atoms with Crippen molar-refractivity contribution >= 4 is 38.6 Å². The molecule has 0 bridgehead atoms. The molecule has 0 aromatic heterocycles. The van der Waals surface area contributed by atoms with E-state index in [9.17, 15) is 9.90 Å². The lowest BCUT2D eigenvalue weighted by Crippen LogP contribution is -2.08. The van der Waals surface area contributed by atoms with Gasteiger partial charge in [0, 0.05) is 21.0 Å². The van der Waals surface area contributed by atoms with E-state index in [2.05, 4.69) is 15.9 Å². The molecule has 78 valence electrons. The monoisotopic (exact) mass is 274 g/mol. The van der Waals surface area contributed by atoms with Crippen molar-refractivity contribution in [3.63, 3.8) is 0 Å². The van der Waals surface area contributed by atoms with Gasteiger partial charge in [0.05, 0.1) is 0 Å². The Morgan fingerprint density at radius 1 is 1.12 bits per heavy atom. The van der Waals surface area contributed by atoms with Gasteiger partial charge < -0.3 is 5.11 Å². The Labute approximate surface area is 100 Å². The number of Topliss-reactive ketones (excluding diaryl/α,β-unsaturated/α-hetero) is 1. The minimum Gasteiger partial charge on any atom is -0.504 e.